The molecule has 2 aromatic rings. The van der Waals surface area contributed by atoms with Crippen molar-refractivity contribution in [3.63, 3.8) is 0 Å². The zero-order valence-electron chi connectivity index (χ0n) is 19.1. The fourth-order valence-electron chi connectivity index (χ4n) is 4.93. The SMILES string of the molecule is CCc1cc(-c2ccc(OC)c(C(F)(F)F)c2)cnc1C(=O)N1CCC(N2CCCC2)CC1. The molecule has 178 valence electrons. The first kappa shape index (κ1) is 23.5. The number of rotatable bonds is 5. The Labute approximate surface area is 192 Å². The van der Waals surface area contributed by atoms with E-state index in [-0.39, 0.29) is 11.7 Å². The van der Waals surface area contributed by atoms with Gasteiger partial charge < -0.3 is 14.5 Å². The van der Waals surface area contributed by atoms with Crippen LogP contribution in [0.5, 0.6) is 5.75 Å². The molecule has 0 unspecified atom stereocenters. The number of carbonyl (C=O) groups excluding carboxylic acids is 1. The Morgan fingerprint density at radius 2 is 1.79 bits per heavy atom. The molecule has 0 radical (unpaired) electrons. The van der Waals surface area contributed by atoms with E-state index in [1.807, 2.05) is 11.8 Å². The number of ether oxygens (including phenoxy) is 1. The van der Waals surface area contributed by atoms with Crippen LogP contribution in [-0.2, 0) is 12.6 Å². The third kappa shape index (κ3) is 5.00. The van der Waals surface area contributed by atoms with Crippen molar-refractivity contribution in [2.45, 2.75) is 51.2 Å². The minimum Gasteiger partial charge on any atom is -0.496 e. The summed E-state index contributed by atoms with van der Waals surface area (Å²) in [6, 6.07) is 6.29. The molecule has 1 amide bonds. The minimum absolute atomic E-state index is 0.0935. The number of nitrogens with zero attached hydrogens (tertiary/aromatic N) is 3. The molecule has 8 heteroatoms. The van der Waals surface area contributed by atoms with Gasteiger partial charge in [0.15, 0.2) is 0 Å². The number of alkyl halides is 3. The second kappa shape index (κ2) is 9.71. The first-order valence-electron chi connectivity index (χ1n) is 11.6. The smallest absolute Gasteiger partial charge is 0.419 e. The summed E-state index contributed by atoms with van der Waals surface area (Å²) in [5.74, 6) is -0.317. The Balaban J connectivity index is 1.53. The molecular formula is C25H30F3N3O2. The predicted molar refractivity (Wildman–Crippen MR) is 120 cm³/mol. The average Bonchev–Trinajstić information content (AvgIpc) is 3.37. The van der Waals surface area contributed by atoms with Gasteiger partial charge in [0.25, 0.3) is 5.91 Å². The number of piperidine rings is 1. The summed E-state index contributed by atoms with van der Waals surface area (Å²) in [5, 5.41) is 0. The van der Waals surface area contributed by atoms with E-state index >= 15 is 0 Å². The van der Waals surface area contributed by atoms with Crippen molar-refractivity contribution >= 4 is 5.91 Å². The number of methoxy groups -OCH3 is 1. The molecule has 1 aromatic carbocycles. The number of halogens is 3. The summed E-state index contributed by atoms with van der Waals surface area (Å²) >= 11 is 0. The number of pyridine rings is 1. The molecule has 0 bridgehead atoms. The number of aromatic nitrogens is 1. The molecule has 2 saturated heterocycles. The Morgan fingerprint density at radius 1 is 1.09 bits per heavy atom. The van der Waals surface area contributed by atoms with Gasteiger partial charge in [-0.3, -0.25) is 9.78 Å². The van der Waals surface area contributed by atoms with Gasteiger partial charge in [0, 0.05) is 30.9 Å². The van der Waals surface area contributed by atoms with Crippen molar-refractivity contribution in [1.82, 2.24) is 14.8 Å². The zero-order valence-corrected chi connectivity index (χ0v) is 19.1. The lowest BCUT2D eigenvalue weighted by molar-refractivity contribution is -0.138. The number of amides is 1. The van der Waals surface area contributed by atoms with E-state index in [2.05, 4.69) is 9.88 Å². The third-order valence-electron chi connectivity index (χ3n) is 6.80. The van der Waals surface area contributed by atoms with Crippen molar-refractivity contribution in [2.24, 2.45) is 0 Å². The highest BCUT2D eigenvalue weighted by Crippen LogP contribution is 2.38. The first-order chi connectivity index (χ1) is 15.8. The number of aryl methyl sites for hydroxylation is 1. The number of carbonyl (C=O) groups is 1. The van der Waals surface area contributed by atoms with Crippen LogP contribution in [0.25, 0.3) is 11.1 Å². The van der Waals surface area contributed by atoms with E-state index in [1.165, 1.54) is 32.2 Å². The maximum absolute atomic E-state index is 13.4. The van der Waals surface area contributed by atoms with Crippen molar-refractivity contribution < 1.29 is 22.7 Å². The highest BCUT2D eigenvalue weighted by molar-refractivity contribution is 5.94. The van der Waals surface area contributed by atoms with Crippen LogP contribution in [0.4, 0.5) is 13.2 Å². The number of hydrogen-bond acceptors (Lipinski definition) is 4. The summed E-state index contributed by atoms with van der Waals surface area (Å²) in [6.07, 6.45) is 1.98. The van der Waals surface area contributed by atoms with E-state index in [0.29, 0.717) is 42.4 Å². The Bertz CT molecular complexity index is 995. The van der Waals surface area contributed by atoms with Gasteiger partial charge in [-0.25, -0.2) is 0 Å². The molecule has 2 aliphatic rings. The van der Waals surface area contributed by atoms with Crippen molar-refractivity contribution in [1.29, 1.82) is 0 Å². The second-order valence-corrected chi connectivity index (χ2v) is 8.76. The van der Waals surface area contributed by atoms with Gasteiger partial charge in [0.2, 0.25) is 0 Å². The van der Waals surface area contributed by atoms with Crippen LogP contribution < -0.4 is 4.74 Å². The molecule has 0 saturated carbocycles. The summed E-state index contributed by atoms with van der Waals surface area (Å²) in [7, 11) is 1.22. The third-order valence-corrected chi connectivity index (χ3v) is 6.80. The van der Waals surface area contributed by atoms with Crippen molar-refractivity contribution in [2.75, 3.05) is 33.3 Å². The fourth-order valence-corrected chi connectivity index (χ4v) is 4.93. The molecule has 2 fully saturated rings. The first-order valence-corrected chi connectivity index (χ1v) is 11.6. The zero-order chi connectivity index (χ0) is 23.6. The van der Waals surface area contributed by atoms with Crippen molar-refractivity contribution in [3.8, 4) is 16.9 Å². The van der Waals surface area contributed by atoms with Crippen LogP contribution in [0.2, 0.25) is 0 Å². The van der Waals surface area contributed by atoms with Crippen LogP contribution in [0, 0.1) is 0 Å². The molecule has 0 atom stereocenters. The molecule has 3 heterocycles. The lowest BCUT2D eigenvalue weighted by Gasteiger charge is -2.36. The van der Waals surface area contributed by atoms with Gasteiger partial charge in [-0.1, -0.05) is 13.0 Å². The van der Waals surface area contributed by atoms with E-state index in [4.69, 9.17) is 4.74 Å². The summed E-state index contributed by atoms with van der Waals surface area (Å²) in [6.45, 7) is 5.65. The number of benzene rings is 1. The monoisotopic (exact) mass is 461 g/mol. The predicted octanol–water partition coefficient (Wildman–Crippen LogP) is 5.04. The molecule has 1 aromatic heterocycles. The summed E-state index contributed by atoms with van der Waals surface area (Å²) in [4.78, 5) is 22.0. The maximum atomic E-state index is 13.4. The van der Waals surface area contributed by atoms with E-state index in [0.717, 1.165) is 37.6 Å². The summed E-state index contributed by atoms with van der Waals surface area (Å²) < 4.78 is 45.2. The largest absolute Gasteiger partial charge is 0.496 e. The quantitative estimate of drug-likeness (QED) is 0.626. The molecule has 4 rings (SSSR count). The molecule has 5 nitrogen and oxygen atoms in total. The maximum Gasteiger partial charge on any atom is 0.419 e. The molecule has 0 spiro atoms. The van der Waals surface area contributed by atoms with E-state index in [1.54, 1.807) is 12.1 Å². The number of hydrogen-bond donors (Lipinski definition) is 0. The van der Waals surface area contributed by atoms with Crippen LogP contribution in [0.1, 0.15) is 54.2 Å². The lowest BCUT2D eigenvalue weighted by atomic mass is 9.99. The van der Waals surface area contributed by atoms with Gasteiger partial charge in [-0.2, -0.15) is 13.2 Å². The fraction of sp³-hybridized carbons (Fsp3) is 0.520. The minimum atomic E-state index is -4.53. The molecular weight excluding hydrogens is 431 g/mol. The topological polar surface area (TPSA) is 45.7 Å². The van der Waals surface area contributed by atoms with Crippen LogP contribution in [0.15, 0.2) is 30.5 Å². The van der Waals surface area contributed by atoms with Gasteiger partial charge >= 0.3 is 6.18 Å². The Kier molecular flexibility index (Phi) is 6.93. The normalized spacial score (nSPS) is 18.0. The Morgan fingerprint density at radius 3 is 2.39 bits per heavy atom. The Hall–Kier alpha value is -2.61. The highest BCUT2D eigenvalue weighted by atomic mass is 19.4. The molecule has 0 aliphatic carbocycles. The van der Waals surface area contributed by atoms with Crippen LogP contribution in [0.3, 0.4) is 0 Å². The molecule has 0 N–H and O–H groups in total. The average molecular weight is 462 g/mol. The lowest BCUT2D eigenvalue weighted by Crippen LogP contribution is -2.46. The molecule has 2 aliphatic heterocycles. The standard InChI is InChI=1S/C25H30F3N3O2/c1-3-17-14-19(18-6-7-22(33-2)21(15-18)25(26,27)28)16-29-23(17)24(32)31-12-8-20(9-13-31)30-10-4-5-11-30/h6-7,14-16,20H,3-5,8-13H2,1-2H3. The van der Waals surface area contributed by atoms with Crippen LogP contribution in [-0.4, -0.2) is 60.0 Å². The van der Waals surface area contributed by atoms with Gasteiger partial charge in [-0.05, 0) is 74.5 Å². The summed E-state index contributed by atoms with van der Waals surface area (Å²) in [5.41, 5.74) is 1.23. The van der Waals surface area contributed by atoms with Crippen LogP contribution >= 0.6 is 0 Å². The van der Waals surface area contributed by atoms with Gasteiger partial charge in [0.1, 0.15) is 11.4 Å². The number of likely N-dealkylation sites (tertiary alicyclic amines) is 2. The van der Waals surface area contributed by atoms with Gasteiger partial charge in [0.05, 0.1) is 12.7 Å². The van der Waals surface area contributed by atoms with E-state index < -0.39 is 11.7 Å². The van der Waals surface area contributed by atoms with Gasteiger partial charge in [-0.15, -0.1) is 0 Å². The second-order valence-electron chi connectivity index (χ2n) is 8.76. The van der Waals surface area contributed by atoms with E-state index in [9.17, 15) is 18.0 Å². The van der Waals surface area contributed by atoms with Crippen molar-refractivity contribution in [3.05, 3.63) is 47.3 Å². The molecule has 33 heavy (non-hydrogen) atoms. The highest BCUT2D eigenvalue weighted by Gasteiger charge is 2.35.